The molecule has 0 saturated heterocycles. The second-order valence-corrected chi connectivity index (χ2v) is 6.87. The van der Waals surface area contributed by atoms with Crippen molar-refractivity contribution in [2.24, 2.45) is 0 Å². The Morgan fingerprint density at radius 2 is 1.91 bits per heavy atom. The van der Waals surface area contributed by atoms with Crippen molar-refractivity contribution in [1.82, 2.24) is 10.0 Å². The van der Waals surface area contributed by atoms with Gasteiger partial charge in [0, 0.05) is 13.1 Å². The summed E-state index contributed by atoms with van der Waals surface area (Å²) in [5, 5.41) is 4.25. The molecule has 1 heterocycles. The summed E-state index contributed by atoms with van der Waals surface area (Å²) in [4.78, 5) is 11.3. The van der Waals surface area contributed by atoms with Gasteiger partial charge in [-0.05, 0) is 23.6 Å². The molecule has 0 bridgehead atoms. The minimum Gasteiger partial charge on any atom is -0.350 e. The van der Waals surface area contributed by atoms with Gasteiger partial charge in [0.1, 0.15) is 4.90 Å². The molecule has 5 nitrogen and oxygen atoms in total. The zero-order valence-electron chi connectivity index (χ0n) is 11.2. The molecule has 0 saturated carbocycles. The summed E-state index contributed by atoms with van der Waals surface area (Å²) in [6.07, 6.45) is 0. The Hall–Kier alpha value is -1.84. The van der Waals surface area contributed by atoms with Crippen LogP contribution in [0.5, 0.6) is 0 Å². The zero-order chi connectivity index (χ0) is 16.2. The Morgan fingerprint density at radius 1 is 1.14 bits per heavy atom. The fourth-order valence-corrected chi connectivity index (χ4v) is 3.38. The molecule has 2 N–H and O–H groups in total. The number of amides is 1. The van der Waals surface area contributed by atoms with Crippen molar-refractivity contribution in [1.29, 1.82) is 0 Å². The number of hydrogen-bond donors (Lipinski definition) is 2. The van der Waals surface area contributed by atoms with E-state index in [0.717, 1.165) is 18.2 Å². The molecule has 118 valence electrons. The number of sulfonamides is 1. The molecule has 0 atom stereocenters. The van der Waals surface area contributed by atoms with E-state index >= 15 is 0 Å². The van der Waals surface area contributed by atoms with Crippen molar-refractivity contribution in [3.63, 3.8) is 0 Å². The molecule has 0 fully saturated rings. The smallest absolute Gasteiger partial charge is 0.261 e. The second-order valence-electron chi connectivity index (χ2n) is 4.18. The van der Waals surface area contributed by atoms with E-state index in [9.17, 15) is 22.0 Å². The minimum atomic E-state index is -4.18. The van der Waals surface area contributed by atoms with E-state index in [2.05, 4.69) is 10.0 Å². The van der Waals surface area contributed by atoms with E-state index in [1.54, 1.807) is 17.5 Å². The molecule has 0 unspecified atom stereocenters. The number of hydrogen-bond acceptors (Lipinski definition) is 4. The van der Waals surface area contributed by atoms with Gasteiger partial charge < -0.3 is 5.32 Å². The molecule has 1 aromatic heterocycles. The van der Waals surface area contributed by atoms with Gasteiger partial charge >= 0.3 is 0 Å². The molecule has 0 aliphatic carbocycles. The number of rotatable bonds is 6. The highest BCUT2D eigenvalue weighted by atomic mass is 32.2. The van der Waals surface area contributed by atoms with Gasteiger partial charge in [0.05, 0.1) is 4.88 Å². The van der Waals surface area contributed by atoms with Crippen LogP contribution in [0.2, 0.25) is 0 Å². The van der Waals surface area contributed by atoms with E-state index in [0.29, 0.717) is 4.88 Å². The third-order valence-corrected chi connectivity index (χ3v) is 5.00. The molecule has 2 aromatic rings. The van der Waals surface area contributed by atoms with Crippen LogP contribution in [-0.2, 0) is 10.0 Å². The number of carbonyl (C=O) groups is 1. The normalized spacial score (nSPS) is 11.4. The summed E-state index contributed by atoms with van der Waals surface area (Å²) in [6, 6.07) is 6.24. The summed E-state index contributed by atoms with van der Waals surface area (Å²) in [5.74, 6) is -3.00. The van der Waals surface area contributed by atoms with Gasteiger partial charge in [0.15, 0.2) is 11.6 Å². The summed E-state index contributed by atoms with van der Waals surface area (Å²) in [7, 11) is -4.18. The maximum atomic E-state index is 13.5. The predicted octanol–water partition coefficient (Wildman–Crippen LogP) is 1.73. The third kappa shape index (κ3) is 3.87. The topological polar surface area (TPSA) is 75.3 Å². The first-order chi connectivity index (χ1) is 10.4. The van der Waals surface area contributed by atoms with Crippen molar-refractivity contribution in [2.45, 2.75) is 4.90 Å². The van der Waals surface area contributed by atoms with Crippen LogP contribution in [0.3, 0.4) is 0 Å². The molecule has 9 heteroatoms. The van der Waals surface area contributed by atoms with E-state index < -0.39 is 26.6 Å². The van der Waals surface area contributed by atoms with Crippen LogP contribution in [0.15, 0.2) is 40.6 Å². The predicted molar refractivity (Wildman–Crippen MR) is 78.2 cm³/mol. The summed E-state index contributed by atoms with van der Waals surface area (Å²) in [5.41, 5.74) is 0. The second kappa shape index (κ2) is 6.95. The van der Waals surface area contributed by atoms with Gasteiger partial charge in [-0.2, -0.15) is 0 Å². The first kappa shape index (κ1) is 16.5. The number of carbonyl (C=O) groups excluding carboxylic acids is 1. The highest BCUT2D eigenvalue weighted by Crippen LogP contribution is 2.16. The first-order valence-corrected chi connectivity index (χ1v) is 8.53. The molecule has 22 heavy (non-hydrogen) atoms. The molecule has 0 aliphatic rings. The Labute approximate surface area is 130 Å². The van der Waals surface area contributed by atoms with Crippen LogP contribution in [-0.4, -0.2) is 27.4 Å². The fourth-order valence-electron chi connectivity index (χ4n) is 1.63. The Balaban J connectivity index is 1.91. The molecule has 2 rings (SSSR count). The largest absolute Gasteiger partial charge is 0.350 e. The van der Waals surface area contributed by atoms with Crippen LogP contribution in [0.25, 0.3) is 0 Å². The lowest BCUT2D eigenvalue weighted by atomic mass is 10.3. The summed E-state index contributed by atoms with van der Waals surface area (Å²) >= 11 is 1.25. The standard InChI is InChI=1S/C13H12F2N2O3S2/c14-9-3-1-5-11(12(9)15)22(19,20)17-7-6-16-13(18)10-4-2-8-21-10/h1-5,8,17H,6-7H2,(H,16,18). The lowest BCUT2D eigenvalue weighted by molar-refractivity contribution is 0.0958. The lowest BCUT2D eigenvalue weighted by Crippen LogP contribution is -2.34. The molecular weight excluding hydrogens is 334 g/mol. The molecule has 0 aliphatic heterocycles. The number of halogens is 2. The molecule has 0 spiro atoms. The van der Waals surface area contributed by atoms with E-state index in [-0.39, 0.29) is 19.0 Å². The van der Waals surface area contributed by atoms with Crippen LogP contribution >= 0.6 is 11.3 Å². The van der Waals surface area contributed by atoms with E-state index in [1.807, 2.05) is 0 Å². The monoisotopic (exact) mass is 346 g/mol. The van der Waals surface area contributed by atoms with Gasteiger partial charge in [0.25, 0.3) is 5.91 Å². The van der Waals surface area contributed by atoms with Gasteiger partial charge in [-0.15, -0.1) is 11.3 Å². The van der Waals surface area contributed by atoms with E-state index in [4.69, 9.17) is 0 Å². The third-order valence-electron chi connectivity index (χ3n) is 2.65. The van der Waals surface area contributed by atoms with Crippen molar-refractivity contribution >= 4 is 27.3 Å². The van der Waals surface area contributed by atoms with Gasteiger partial charge in [-0.1, -0.05) is 12.1 Å². The SMILES string of the molecule is O=C(NCCNS(=O)(=O)c1cccc(F)c1F)c1cccs1. The minimum absolute atomic E-state index is 0.0207. The Bertz CT molecular complexity index is 762. The molecule has 0 radical (unpaired) electrons. The highest BCUT2D eigenvalue weighted by molar-refractivity contribution is 7.89. The lowest BCUT2D eigenvalue weighted by Gasteiger charge is -2.08. The summed E-state index contributed by atoms with van der Waals surface area (Å²) in [6.45, 7) is -0.123. The Morgan fingerprint density at radius 3 is 2.59 bits per heavy atom. The first-order valence-electron chi connectivity index (χ1n) is 6.17. The van der Waals surface area contributed by atoms with Crippen LogP contribution in [0, 0.1) is 11.6 Å². The Kier molecular flexibility index (Phi) is 5.22. The number of thiophene rings is 1. The van der Waals surface area contributed by atoms with Crippen LogP contribution in [0.1, 0.15) is 9.67 Å². The van der Waals surface area contributed by atoms with Crippen molar-refractivity contribution in [2.75, 3.05) is 13.1 Å². The molecule has 1 aromatic carbocycles. The maximum Gasteiger partial charge on any atom is 0.261 e. The zero-order valence-corrected chi connectivity index (χ0v) is 12.8. The average Bonchev–Trinajstić information content (AvgIpc) is 3.00. The number of benzene rings is 1. The van der Waals surface area contributed by atoms with Crippen LogP contribution < -0.4 is 10.0 Å². The molecule has 1 amide bonds. The van der Waals surface area contributed by atoms with Gasteiger partial charge in [-0.25, -0.2) is 21.9 Å². The summed E-state index contributed by atoms with van der Waals surface area (Å²) < 4.78 is 52.3. The van der Waals surface area contributed by atoms with Crippen LogP contribution in [0.4, 0.5) is 8.78 Å². The number of nitrogens with one attached hydrogen (secondary N) is 2. The average molecular weight is 346 g/mol. The van der Waals surface area contributed by atoms with Crippen molar-refractivity contribution in [3.05, 3.63) is 52.2 Å². The van der Waals surface area contributed by atoms with Gasteiger partial charge in [-0.3, -0.25) is 4.79 Å². The fraction of sp³-hybridized carbons (Fsp3) is 0.154. The quantitative estimate of drug-likeness (QED) is 0.783. The highest BCUT2D eigenvalue weighted by Gasteiger charge is 2.20. The van der Waals surface area contributed by atoms with Gasteiger partial charge in [0.2, 0.25) is 10.0 Å². The van der Waals surface area contributed by atoms with Crippen molar-refractivity contribution in [3.8, 4) is 0 Å². The van der Waals surface area contributed by atoms with Crippen molar-refractivity contribution < 1.29 is 22.0 Å². The molecular formula is C13H12F2N2O3S2. The maximum absolute atomic E-state index is 13.5. The van der Waals surface area contributed by atoms with E-state index in [1.165, 1.54) is 11.3 Å².